The Morgan fingerprint density at radius 2 is 1.25 bits per heavy atom. The molecule has 0 fully saturated rings. The second-order valence-electron chi connectivity index (χ2n) is 1.99. The summed E-state index contributed by atoms with van der Waals surface area (Å²) in [6.45, 7) is 8.93. The van der Waals surface area contributed by atoms with Crippen LogP contribution in [0.5, 0.6) is 0 Å². The molecule has 0 spiro atoms. The molecule has 8 nitrogen and oxygen atoms in total. The fourth-order valence-electron chi connectivity index (χ4n) is 0. The van der Waals surface area contributed by atoms with Crippen LogP contribution in [0.3, 0.4) is 0 Å². The molecule has 0 unspecified atom stereocenters. The van der Waals surface area contributed by atoms with Gasteiger partial charge in [-0.1, -0.05) is 24.8 Å². The van der Waals surface area contributed by atoms with Crippen molar-refractivity contribution in [2.45, 2.75) is 6.92 Å². The van der Waals surface area contributed by atoms with Gasteiger partial charge in [0.1, 0.15) is 0 Å². The maximum absolute atomic E-state index is 8.77. The van der Waals surface area contributed by atoms with Crippen LogP contribution in [-0.4, -0.2) is 9.79 Å². The number of phosphoric acid groups is 2. The Morgan fingerprint density at radius 1 is 1.19 bits per heavy atom. The first kappa shape index (κ1) is 24.8. The smallest absolute Gasteiger partial charge is 0.822 e. The summed E-state index contributed by atoms with van der Waals surface area (Å²) >= 11 is 0. The Hall–Kier alpha value is -0.300. The molecule has 0 aliphatic rings. The van der Waals surface area contributed by atoms with Crippen LogP contribution >= 0.6 is 15.6 Å². The van der Waals surface area contributed by atoms with E-state index in [1.165, 1.54) is 0 Å². The molecular weight excluding hydrogens is 262 g/mol. The minimum absolute atomic E-state index is 0. The normalized spacial score (nSPS) is 9.44. The summed E-state index contributed by atoms with van der Waals surface area (Å²) in [5.41, 5.74) is 1.02. The second kappa shape index (κ2) is 11.2. The van der Waals surface area contributed by atoms with Gasteiger partial charge in [0.2, 0.25) is 0 Å². The molecule has 0 amide bonds. The molecule has 0 rings (SSSR count). The number of allylic oxidation sites excluding steroid dienone is 2. The Labute approximate surface area is 94.1 Å². The molecule has 0 radical (unpaired) electrons. The van der Waals surface area contributed by atoms with Crippen LogP contribution in [0.2, 0.25) is 0 Å². The monoisotopic (exact) mass is 272 g/mol. The summed E-state index contributed by atoms with van der Waals surface area (Å²) in [7, 11) is -10.3. The summed E-state index contributed by atoms with van der Waals surface area (Å²) in [5.74, 6) is 0. The van der Waals surface area contributed by atoms with Gasteiger partial charge in [-0.2, -0.15) is 7.82 Å². The summed E-state index contributed by atoms with van der Waals surface area (Å²) in [6, 6.07) is 0. The molecular formula is C6H10O8P2. The van der Waals surface area contributed by atoms with Crippen molar-refractivity contribution in [1.29, 1.82) is 0 Å². The van der Waals surface area contributed by atoms with Gasteiger partial charge in [0.15, 0.2) is 0 Å². The van der Waals surface area contributed by atoms with Crippen molar-refractivity contribution < 1.29 is 38.5 Å². The summed E-state index contributed by atoms with van der Waals surface area (Å²) in [6.07, 6.45) is 1.72. The average Bonchev–Trinajstić information content (AvgIpc) is 1.79. The van der Waals surface area contributed by atoms with Gasteiger partial charge in [0.05, 0.1) is 0 Å². The molecule has 0 atom stereocenters. The van der Waals surface area contributed by atoms with Crippen molar-refractivity contribution >= 4 is 15.6 Å². The van der Waals surface area contributed by atoms with Gasteiger partial charge in [-0.25, -0.2) is 0 Å². The molecule has 0 aromatic rings. The molecule has 0 heterocycles. The third kappa shape index (κ3) is 765. The van der Waals surface area contributed by atoms with E-state index in [4.69, 9.17) is 38.5 Å². The van der Waals surface area contributed by atoms with Crippen molar-refractivity contribution in [3.8, 4) is 0 Å². The summed E-state index contributed by atoms with van der Waals surface area (Å²) in [4.78, 5) is 48.6. The van der Waals surface area contributed by atoms with Gasteiger partial charge >= 0.3 is 7.43 Å². The number of rotatable bonds is 1. The van der Waals surface area contributed by atoms with Crippen molar-refractivity contribution in [3.05, 3.63) is 32.2 Å². The second-order valence-corrected chi connectivity index (χ2v) is 3.86. The SMILES string of the molecule is C=CC(=C)C.O=P([O-])(O)O.O=P([O-])([O-])[O-].[C+4]. The number of hydrogen-bond acceptors (Lipinski definition) is 6. The zero-order valence-electron chi connectivity index (χ0n) is 8.23. The van der Waals surface area contributed by atoms with E-state index in [0.717, 1.165) is 5.57 Å². The summed E-state index contributed by atoms with van der Waals surface area (Å²) in [5, 5.41) is 0. The molecule has 0 aliphatic heterocycles. The van der Waals surface area contributed by atoms with Crippen molar-refractivity contribution in [2.75, 3.05) is 0 Å². The van der Waals surface area contributed by atoms with Crippen LogP contribution < -0.4 is 19.6 Å². The van der Waals surface area contributed by atoms with Gasteiger partial charge < -0.3 is 33.9 Å². The topological polar surface area (TPSA) is 167 Å². The van der Waals surface area contributed by atoms with E-state index in [-0.39, 0.29) is 7.43 Å². The fourth-order valence-corrected chi connectivity index (χ4v) is 0. The molecule has 0 aromatic heterocycles. The van der Waals surface area contributed by atoms with Crippen molar-refractivity contribution in [3.63, 3.8) is 0 Å². The minimum Gasteiger partial charge on any atom is -0.822 e. The predicted molar refractivity (Wildman–Crippen MR) is 47.9 cm³/mol. The van der Waals surface area contributed by atoms with Crippen LogP contribution in [0.15, 0.2) is 24.8 Å². The summed E-state index contributed by atoms with van der Waals surface area (Å²) < 4.78 is 17.3. The predicted octanol–water partition coefficient (Wildman–Crippen LogP) is -2.56. The van der Waals surface area contributed by atoms with Crippen LogP contribution in [0.25, 0.3) is 0 Å². The fraction of sp³-hybridized carbons (Fsp3) is 0.167. The van der Waals surface area contributed by atoms with E-state index in [2.05, 4.69) is 13.2 Å². The van der Waals surface area contributed by atoms with E-state index in [9.17, 15) is 0 Å². The van der Waals surface area contributed by atoms with E-state index in [1.54, 1.807) is 6.08 Å². The first-order valence-electron chi connectivity index (χ1n) is 3.05. The van der Waals surface area contributed by atoms with Gasteiger partial charge in [-0.15, -0.1) is 0 Å². The molecule has 0 aliphatic carbocycles. The van der Waals surface area contributed by atoms with Gasteiger partial charge in [-0.3, -0.25) is 4.57 Å². The van der Waals surface area contributed by atoms with E-state index in [1.807, 2.05) is 6.92 Å². The largest absolute Gasteiger partial charge is 4.00 e. The Kier molecular flexibility index (Phi) is 17.3. The molecule has 92 valence electrons. The molecule has 10 heteroatoms. The number of hydrogen-bond donors (Lipinski definition) is 2. The zero-order valence-corrected chi connectivity index (χ0v) is 10.0. The molecule has 0 saturated carbocycles. The average molecular weight is 272 g/mol. The van der Waals surface area contributed by atoms with Crippen LogP contribution in [0, 0.1) is 7.43 Å². The molecule has 2 N–H and O–H groups in total. The first-order valence-corrected chi connectivity index (χ1v) is 6.04. The molecule has 0 aromatic carbocycles. The van der Waals surface area contributed by atoms with Crippen LogP contribution in [-0.2, 0) is 9.13 Å². The maximum atomic E-state index is 8.77. The quantitative estimate of drug-likeness (QED) is 0.388. The molecule has 0 bridgehead atoms. The van der Waals surface area contributed by atoms with Crippen molar-refractivity contribution in [2.24, 2.45) is 0 Å². The maximum Gasteiger partial charge on any atom is 4.00 e. The Morgan fingerprint density at radius 3 is 1.25 bits per heavy atom. The molecule has 16 heavy (non-hydrogen) atoms. The standard InChI is InChI=1S/C5H8.C.2H3O4P/c1-4-5(2)3;;2*1-5(2,3)4/h4H,1-2H2,3H3;;2*(H3,1,2,3,4)/q;+4;;/p-4. The van der Waals surface area contributed by atoms with Gasteiger partial charge in [0.25, 0.3) is 7.82 Å². The third-order valence-corrected chi connectivity index (χ3v) is 0.348. The van der Waals surface area contributed by atoms with Crippen LogP contribution in [0.1, 0.15) is 6.92 Å². The zero-order chi connectivity index (χ0) is 13.3. The van der Waals surface area contributed by atoms with E-state index >= 15 is 0 Å². The van der Waals surface area contributed by atoms with E-state index in [0.29, 0.717) is 0 Å². The van der Waals surface area contributed by atoms with Gasteiger partial charge in [0, 0.05) is 0 Å². The van der Waals surface area contributed by atoms with Gasteiger partial charge in [-0.05, 0) is 6.92 Å². The molecule has 0 saturated heterocycles. The van der Waals surface area contributed by atoms with Crippen LogP contribution in [0.4, 0.5) is 0 Å². The van der Waals surface area contributed by atoms with E-state index < -0.39 is 15.6 Å². The first-order chi connectivity index (χ1) is 6.27. The Balaban J connectivity index is -0.0000000655. The Bertz CT molecular complexity index is 238. The minimum atomic E-state index is -5.39. The van der Waals surface area contributed by atoms with Crippen molar-refractivity contribution in [1.82, 2.24) is 0 Å². The third-order valence-electron chi connectivity index (χ3n) is 0.348.